The molecule has 1 amide bonds. The maximum atomic E-state index is 13.1. The third kappa shape index (κ3) is 3.97. The largest absolute Gasteiger partial charge is 0.438 e. The second kappa shape index (κ2) is 8.45. The zero-order valence-electron chi connectivity index (χ0n) is 19.4. The summed E-state index contributed by atoms with van der Waals surface area (Å²) in [6.45, 7) is 2.48. The molecular formula is C25H22N6O4S. The molecule has 2 aromatic carbocycles. The molecule has 6 rings (SSSR count). The van der Waals surface area contributed by atoms with Crippen molar-refractivity contribution in [3.05, 3.63) is 77.9 Å². The van der Waals surface area contributed by atoms with E-state index in [9.17, 15) is 13.2 Å². The number of ether oxygens (including phenoxy) is 1. The lowest BCUT2D eigenvalue weighted by atomic mass is 10.00. The van der Waals surface area contributed by atoms with Crippen LogP contribution < -0.4 is 14.4 Å². The molecule has 36 heavy (non-hydrogen) atoms. The molecule has 0 spiro atoms. The minimum absolute atomic E-state index is 0.104. The van der Waals surface area contributed by atoms with Gasteiger partial charge in [-0.3, -0.25) is 14.1 Å². The van der Waals surface area contributed by atoms with E-state index in [0.717, 1.165) is 22.6 Å². The summed E-state index contributed by atoms with van der Waals surface area (Å²) < 4.78 is 36.4. The molecular weight excluding hydrogens is 480 g/mol. The van der Waals surface area contributed by atoms with Crippen molar-refractivity contribution < 1.29 is 17.9 Å². The van der Waals surface area contributed by atoms with E-state index >= 15 is 0 Å². The van der Waals surface area contributed by atoms with E-state index in [1.54, 1.807) is 65.8 Å². The molecule has 0 unspecified atom stereocenters. The van der Waals surface area contributed by atoms with Gasteiger partial charge in [-0.15, -0.1) is 10.2 Å². The van der Waals surface area contributed by atoms with Gasteiger partial charge in [0, 0.05) is 37.1 Å². The van der Waals surface area contributed by atoms with Gasteiger partial charge in [0.05, 0.1) is 10.6 Å². The van der Waals surface area contributed by atoms with Crippen molar-refractivity contribution in [1.29, 1.82) is 0 Å². The molecule has 0 bridgehead atoms. The topological polar surface area (TPSA) is 119 Å². The number of amides is 1. The number of benzene rings is 2. The number of nitrogens with zero attached hydrogens (tertiary/aromatic N) is 5. The fourth-order valence-corrected chi connectivity index (χ4v) is 5.78. The number of aromatic nitrogens is 4. The van der Waals surface area contributed by atoms with Crippen LogP contribution >= 0.6 is 0 Å². The highest BCUT2D eigenvalue weighted by Gasteiger charge is 2.33. The summed E-state index contributed by atoms with van der Waals surface area (Å²) in [7, 11) is -3.80. The predicted octanol–water partition coefficient (Wildman–Crippen LogP) is 3.40. The third-order valence-corrected chi connectivity index (χ3v) is 7.72. The van der Waals surface area contributed by atoms with E-state index in [1.807, 2.05) is 11.5 Å². The Morgan fingerprint density at radius 1 is 0.972 bits per heavy atom. The lowest BCUT2D eigenvalue weighted by Crippen LogP contribution is -2.33. The van der Waals surface area contributed by atoms with Gasteiger partial charge in [-0.1, -0.05) is 0 Å². The van der Waals surface area contributed by atoms with Gasteiger partial charge in [0.1, 0.15) is 11.6 Å². The first-order chi connectivity index (χ1) is 17.4. The van der Waals surface area contributed by atoms with E-state index in [4.69, 9.17) is 4.74 Å². The number of aryl methyl sites for hydroxylation is 2. The van der Waals surface area contributed by atoms with Gasteiger partial charge >= 0.3 is 0 Å². The molecule has 4 aromatic rings. The molecule has 0 atom stereocenters. The van der Waals surface area contributed by atoms with Crippen molar-refractivity contribution in [2.24, 2.45) is 0 Å². The Morgan fingerprint density at radius 3 is 2.44 bits per heavy atom. The van der Waals surface area contributed by atoms with Crippen LogP contribution in [-0.2, 0) is 27.7 Å². The van der Waals surface area contributed by atoms with Crippen molar-refractivity contribution >= 4 is 27.3 Å². The molecule has 2 aliphatic heterocycles. The van der Waals surface area contributed by atoms with Gasteiger partial charge < -0.3 is 9.64 Å². The highest BCUT2D eigenvalue weighted by molar-refractivity contribution is 7.92. The maximum absolute atomic E-state index is 13.1. The first-order valence-electron chi connectivity index (χ1n) is 11.5. The minimum Gasteiger partial charge on any atom is -0.438 e. The second-order valence-electron chi connectivity index (χ2n) is 8.69. The number of carbonyl (C=O) groups is 1. The Balaban J connectivity index is 1.16. The highest BCUT2D eigenvalue weighted by Crippen LogP contribution is 2.38. The molecule has 0 saturated carbocycles. The molecule has 10 nitrogen and oxygen atoms in total. The Kier molecular flexibility index (Phi) is 5.22. The van der Waals surface area contributed by atoms with Crippen molar-refractivity contribution in [3.8, 4) is 17.4 Å². The monoisotopic (exact) mass is 502 g/mol. The molecule has 2 aliphatic rings. The molecule has 11 heteroatoms. The first kappa shape index (κ1) is 22.2. The molecule has 0 aliphatic carbocycles. The van der Waals surface area contributed by atoms with Crippen LogP contribution in [0.5, 0.6) is 11.6 Å². The maximum Gasteiger partial charge on any atom is 0.261 e. The SMILES string of the molecule is Cc1nccn1-c1ccc(Oc2ccc(NS(=O)(=O)c3cc4c5c(c3)CCN5C(=O)CC4)cc2)nn1. The molecule has 0 fully saturated rings. The standard InChI is InChI=1S/C25H22N6O4S/c1-16-26-11-13-30(16)22-7-8-23(28-27-22)35-20-5-3-19(4-6-20)29-36(33,34)21-14-17-2-9-24(32)31-12-10-18(15-21)25(17)31/h3-8,11,13-15,29H,2,9-10,12H2,1H3. The van der Waals surface area contributed by atoms with Gasteiger partial charge in [0.2, 0.25) is 11.8 Å². The zero-order valence-corrected chi connectivity index (χ0v) is 20.2. The molecule has 182 valence electrons. The Hall–Kier alpha value is -4.25. The third-order valence-electron chi connectivity index (χ3n) is 6.36. The summed E-state index contributed by atoms with van der Waals surface area (Å²) in [6, 6.07) is 13.4. The quantitative estimate of drug-likeness (QED) is 0.429. The van der Waals surface area contributed by atoms with E-state index in [2.05, 4.69) is 19.9 Å². The van der Waals surface area contributed by atoms with E-state index in [-0.39, 0.29) is 10.8 Å². The zero-order chi connectivity index (χ0) is 24.9. The van der Waals surface area contributed by atoms with Crippen molar-refractivity contribution in [2.75, 3.05) is 16.2 Å². The van der Waals surface area contributed by atoms with E-state index < -0.39 is 10.0 Å². The number of rotatable bonds is 6. The van der Waals surface area contributed by atoms with Gasteiger partial charge in [-0.2, -0.15) is 0 Å². The molecule has 2 aromatic heterocycles. The molecule has 0 saturated heterocycles. The number of sulfonamides is 1. The summed E-state index contributed by atoms with van der Waals surface area (Å²) in [4.78, 5) is 18.3. The van der Waals surface area contributed by atoms with Crippen LogP contribution in [0.2, 0.25) is 0 Å². The second-order valence-corrected chi connectivity index (χ2v) is 10.4. The summed E-state index contributed by atoms with van der Waals surface area (Å²) in [5, 5.41) is 8.26. The minimum atomic E-state index is -3.80. The first-order valence-corrected chi connectivity index (χ1v) is 13.0. The molecule has 4 heterocycles. The number of carbonyl (C=O) groups excluding carboxylic acids is 1. The van der Waals surface area contributed by atoms with Crippen LogP contribution in [0, 0.1) is 6.92 Å². The van der Waals surface area contributed by atoms with Crippen LogP contribution in [-0.4, -0.2) is 40.6 Å². The normalized spacial score (nSPS) is 14.6. The van der Waals surface area contributed by atoms with Crippen LogP contribution in [0.4, 0.5) is 11.4 Å². The molecule has 0 radical (unpaired) electrons. The van der Waals surface area contributed by atoms with Crippen molar-refractivity contribution in [3.63, 3.8) is 0 Å². The van der Waals surface area contributed by atoms with Crippen molar-refractivity contribution in [2.45, 2.75) is 31.1 Å². The lowest BCUT2D eigenvalue weighted by molar-refractivity contribution is -0.118. The predicted molar refractivity (Wildman–Crippen MR) is 132 cm³/mol. The number of hydrogen-bond donors (Lipinski definition) is 1. The van der Waals surface area contributed by atoms with Crippen LogP contribution in [0.3, 0.4) is 0 Å². The fourth-order valence-electron chi connectivity index (χ4n) is 4.62. The van der Waals surface area contributed by atoms with Crippen molar-refractivity contribution in [1.82, 2.24) is 19.7 Å². The average Bonchev–Trinajstić information content (AvgIpc) is 3.50. The lowest BCUT2D eigenvalue weighted by Gasteiger charge is -2.25. The fraction of sp³-hybridized carbons (Fsp3) is 0.200. The average molecular weight is 503 g/mol. The van der Waals surface area contributed by atoms with E-state index in [0.29, 0.717) is 48.9 Å². The smallest absolute Gasteiger partial charge is 0.261 e. The summed E-state index contributed by atoms with van der Waals surface area (Å²) >= 11 is 0. The number of hydrogen-bond acceptors (Lipinski definition) is 7. The highest BCUT2D eigenvalue weighted by atomic mass is 32.2. The van der Waals surface area contributed by atoms with E-state index in [1.165, 1.54) is 0 Å². The van der Waals surface area contributed by atoms with Gasteiger partial charge in [0.15, 0.2) is 5.82 Å². The van der Waals surface area contributed by atoms with Gasteiger partial charge in [-0.25, -0.2) is 13.4 Å². The van der Waals surface area contributed by atoms with Crippen LogP contribution in [0.1, 0.15) is 23.4 Å². The van der Waals surface area contributed by atoms with Crippen LogP contribution in [0.15, 0.2) is 65.8 Å². The summed E-state index contributed by atoms with van der Waals surface area (Å²) in [5.41, 5.74) is 3.11. The Bertz CT molecular complexity index is 1580. The number of imidazole rings is 1. The molecule has 1 N–H and O–H groups in total. The van der Waals surface area contributed by atoms with Gasteiger partial charge in [0.25, 0.3) is 10.0 Å². The summed E-state index contributed by atoms with van der Waals surface area (Å²) in [5.74, 6) is 2.33. The Labute approximate surface area is 207 Å². The van der Waals surface area contributed by atoms with Crippen LogP contribution in [0.25, 0.3) is 5.82 Å². The van der Waals surface area contributed by atoms with Gasteiger partial charge in [-0.05, 0) is 73.4 Å². The Morgan fingerprint density at radius 2 is 1.75 bits per heavy atom. The number of anilines is 2. The number of nitrogens with one attached hydrogen (secondary N) is 1. The summed E-state index contributed by atoms with van der Waals surface area (Å²) in [6.07, 6.45) is 5.11.